The first-order valence-electron chi connectivity index (χ1n) is 7.86. The lowest BCUT2D eigenvalue weighted by Gasteiger charge is -2.18. The quantitative estimate of drug-likeness (QED) is 0.693. The molecule has 0 aliphatic heterocycles. The van der Waals surface area contributed by atoms with Crippen molar-refractivity contribution < 1.29 is 23.5 Å². The van der Waals surface area contributed by atoms with Gasteiger partial charge in [-0.1, -0.05) is 29.8 Å². The zero-order chi connectivity index (χ0) is 19.1. The molecule has 1 amide bonds. The number of ether oxygens (including phenoxy) is 2. The van der Waals surface area contributed by atoms with Crippen molar-refractivity contribution in [2.75, 3.05) is 20.8 Å². The van der Waals surface area contributed by atoms with E-state index in [1.54, 1.807) is 37.4 Å². The molecule has 0 heterocycles. The topological polar surface area (TPSA) is 55.8 Å². The second kappa shape index (κ2) is 9.20. The van der Waals surface area contributed by atoms with Crippen LogP contribution in [0.3, 0.4) is 0 Å². The Kier molecular flexibility index (Phi) is 6.97. The minimum absolute atomic E-state index is 0.0135. The van der Waals surface area contributed by atoms with E-state index < -0.39 is 24.3 Å². The molecule has 2 aromatic carbocycles. The minimum Gasteiger partial charge on any atom is -0.497 e. The molecule has 138 valence electrons. The fraction of sp³-hybridized carbons (Fsp3) is 0.263. The third-order valence-electron chi connectivity index (χ3n) is 3.75. The maximum atomic E-state index is 13.8. The molecule has 0 aromatic heterocycles. The molecule has 0 N–H and O–H groups in total. The van der Waals surface area contributed by atoms with Crippen molar-refractivity contribution in [2.45, 2.75) is 13.0 Å². The molecule has 0 spiro atoms. The van der Waals surface area contributed by atoms with E-state index in [0.717, 1.165) is 5.56 Å². The Morgan fingerprint density at radius 1 is 1.15 bits per heavy atom. The normalized spacial score (nSPS) is 10.3. The van der Waals surface area contributed by atoms with Crippen LogP contribution in [-0.4, -0.2) is 37.5 Å². The van der Waals surface area contributed by atoms with Crippen LogP contribution in [0.15, 0.2) is 42.5 Å². The average molecular weight is 380 g/mol. The molecular weight excluding hydrogens is 361 g/mol. The van der Waals surface area contributed by atoms with Crippen LogP contribution in [0.2, 0.25) is 5.02 Å². The number of amides is 1. The number of likely N-dealkylation sites (N-methyl/N-ethyl adjacent to an activating group) is 1. The van der Waals surface area contributed by atoms with Gasteiger partial charge in [0.1, 0.15) is 11.6 Å². The first-order valence-corrected chi connectivity index (χ1v) is 8.24. The van der Waals surface area contributed by atoms with Gasteiger partial charge in [0, 0.05) is 24.2 Å². The highest BCUT2D eigenvalue weighted by atomic mass is 35.5. The van der Waals surface area contributed by atoms with E-state index in [1.807, 2.05) is 0 Å². The number of esters is 1. The molecule has 0 aliphatic carbocycles. The number of halogens is 2. The van der Waals surface area contributed by atoms with E-state index in [9.17, 15) is 14.0 Å². The Hall–Kier alpha value is -2.60. The molecule has 0 atom stereocenters. The van der Waals surface area contributed by atoms with Crippen LogP contribution in [0.1, 0.15) is 11.1 Å². The maximum absolute atomic E-state index is 13.8. The molecular formula is C19H19ClFNO4. The zero-order valence-corrected chi connectivity index (χ0v) is 15.3. The Labute approximate surface area is 156 Å². The molecule has 7 heteroatoms. The fourth-order valence-electron chi connectivity index (χ4n) is 2.22. The van der Waals surface area contributed by atoms with E-state index in [1.165, 1.54) is 24.1 Å². The largest absolute Gasteiger partial charge is 0.497 e. The van der Waals surface area contributed by atoms with Crippen molar-refractivity contribution in [1.82, 2.24) is 4.90 Å². The molecule has 0 saturated carbocycles. The molecule has 2 rings (SSSR count). The number of methoxy groups -OCH3 is 1. The van der Waals surface area contributed by atoms with Gasteiger partial charge >= 0.3 is 5.97 Å². The standard InChI is InChI=1S/C19H19ClFNO4/c1-22(11-15-16(20)4-3-5-17(15)21)18(23)12-26-19(24)10-13-6-8-14(25-2)9-7-13/h3-9H,10-12H2,1-2H3. The first-order chi connectivity index (χ1) is 12.4. The minimum atomic E-state index is -0.527. The predicted octanol–water partition coefficient (Wildman–Crippen LogP) is 3.23. The number of carbonyl (C=O) groups is 2. The van der Waals surface area contributed by atoms with E-state index in [0.29, 0.717) is 5.75 Å². The van der Waals surface area contributed by atoms with Crippen molar-refractivity contribution >= 4 is 23.5 Å². The molecule has 0 saturated heterocycles. The number of hydrogen-bond acceptors (Lipinski definition) is 4. The van der Waals surface area contributed by atoms with Gasteiger partial charge in [-0.15, -0.1) is 0 Å². The third-order valence-corrected chi connectivity index (χ3v) is 4.10. The summed E-state index contributed by atoms with van der Waals surface area (Å²) in [5.74, 6) is -0.785. The summed E-state index contributed by atoms with van der Waals surface area (Å²) in [5.41, 5.74) is 0.962. The summed E-state index contributed by atoms with van der Waals surface area (Å²) in [6, 6.07) is 11.3. The van der Waals surface area contributed by atoms with Crippen LogP contribution in [0, 0.1) is 5.82 Å². The van der Waals surface area contributed by atoms with Gasteiger partial charge in [0.05, 0.1) is 13.5 Å². The maximum Gasteiger partial charge on any atom is 0.310 e. The average Bonchev–Trinajstić information content (AvgIpc) is 2.63. The number of rotatable bonds is 7. The van der Waals surface area contributed by atoms with E-state index in [-0.39, 0.29) is 23.6 Å². The van der Waals surface area contributed by atoms with Crippen molar-refractivity contribution in [2.24, 2.45) is 0 Å². The Morgan fingerprint density at radius 3 is 2.46 bits per heavy atom. The van der Waals surface area contributed by atoms with Crippen molar-refractivity contribution in [1.29, 1.82) is 0 Å². The molecule has 5 nitrogen and oxygen atoms in total. The lowest BCUT2D eigenvalue weighted by atomic mass is 10.1. The summed E-state index contributed by atoms with van der Waals surface area (Å²) in [6.45, 7) is -0.433. The molecule has 0 fully saturated rings. The van der Waals surface area contributed by atoms with E-state index >= 15 is 0 Å². The molecule has 2 aromatic rings. The van der Waals surface area contributed by atoms with Gasteiger partial charge in [-0.2, -0.15) is 0 Å². The number of benzene rings is 2. The van der Waals surface area contributed by atoms with E-state index in [2.05, 4.69) is 0 Å². The van der Waals surface area contributed by atoms with Crippen LogP contribution < -0.4 is 4.74 Å². The monoisotopic (exact) mass is 379 g/mol. The molecule has 0 radical (unpaired) electrons. The number of nitrogens with zero attached hydrogens (tertiary/aromatic N) is 1. The summed E-state index contributed by atoms with van der Waals surface area (Å²) < 4.78 is 23.8. The van der Waals surface area contributed by atoms with Gasteiger partial charge in [0.25, 0.3) is 5.91 Å². The second-order valence-electron chi connectivity index (χ2n) is 5.64. The summed E-state index contributed by atoms with van der Waals surface area (Å²) in [6.07, 6.45) is 0.0418. The lowest BCUT2D eigenvalue weighted by Crippen LogP contribution is -2.31. The predicted molar refractivity (Wildman–Crippen MR) is 95.5 cm³/mol. The van der Waals surface area contributed by atoms with Crippen LogP contribution in [0.25, 0.3) is 0 Å². The van der Waals surface area contributed by atoms with Gasteiger partial charge in [-0.05, 0) is 29.8 Å². The fourth-order valence-corrected chi connectivity index (χ4v) is 2.45. The van der Waals surface area contributed by atoms with Gasteiger partial charge in [-0.3, -0.25) is 9.59 Å². The second-order valence-corrected chi connectivity index (χ2v) is 6.04. The van der Waals surface area contributed by atoms with E-state index in [4.69, 9.17) is 21.1 Å². The Bertz CT molecular complexity index is 759. The number of hydrogen-bond donors (Lipinski definition) is 0. The van der Waals surface area contributed by atoms with Crippen LogP contribution in [-0.2, 0) is 27.3 Å². The Morgan fingerprint density at radius 2 is 1.85 bits per heavy atom. The van der Waals surface area contributed by atoms with Gasteiger partial charge in [-0.25, -0.2) is 4.39 Å². The van der Waals surface area contributed by atoms with Crippen LogP contribution >= 0.6 is 11.6 Å². The van der Waals surface area contributed by atoms with Crippen LogP contribution in [0.4, 0.5) is 4.39 Å². The van der Waals surface area contributed by atoms with Crippen molar-refractivity contribution in [3.8, 4) is 5.75 Å². The van der Waals surface area contributed by atoms with Crippen molar-refractivity contribution in [3.63, 3.8) is 0 Å². The summed E-state index contributed by atoms with van der Waals surface area (Å²) in [4.78, 5) is 25.2. The molecule has 0 unspecified atom stereocenters. The van der Waals surface area contributed by atoms with Gasteiger partial charge < -0.3 is 14.4 Å². The van der Waals surface area contributed by atoms with Gasteiger partial charge in [0.2, 0.25) is 0 Å². The third kappa shape index (κ3) is 5.46. The lowest BCUT2D eigenvalue weighted by molar-refractivity contribution is -0.151. The van der Waals surface area contributed by atoms with Crippen LogP contribution in [0.5, 0.6) is 5.75 Å². The summed E-state index contributed by atoms with van der Waals surface area (Å²) >= 11 is 5.95. The zero-order valence-electron chi connectivity index (χ0n) is 14.5. The highest BCUT2D eigenvalue weighted by molar-refractivity contribution is 6.31. The van der Waals surface area contributed by atoms with Crippen molar-refractivity contribution in [3.05, 3.63) is 64.4 Å². The summed E-state index contributed by atoms with van der Waals surface area (Å²) in [5, 5.41) is 0.237. The Balaban J connectivity index is 1.84. The highest BCUT2D eigenvalue weighted by Gasteiger charge is 2.16. The molecule has 0 aliphatic rings. The summed E-state index contributed by atoms with van der Waals surface area (Å²) in [7, 11) is 3.04. The molecule has 26 heavy (non-hydrogen) atoms. The SMILES string of the molecule is COc1ccc(CC(=O)OCC(=O)N(C)Cc2c(F)cccc2Cl)cc1. The van der Waals surface area contributed by atoms with Gasteiger partial charge in [0.15, 0.2) is 6.61 Å². The highest BCUT2D eigenvalue weighted by Crippen LogP contribution is 2.20. The first kappa shape index (κ1) is 19.7. The smallest absolute Gasteiger partial charge is 0.310 e. The molecule has 0 bridgehead atoms. The number of carbonyl (C=O) groups excluding carboxylic acids is 2.